The molecule has 0 aliphatic carbocycles. The molecule has 1 heterocycles. The van der Waals surface area contributed by atoms with Gasteiger partial charge in [0.25, 0.3) is 0 Å². The van der Waals surface area contributed by atoms with E-state index in [0.717, 1.165) is 11.1 Å². The van der Waals surface area contributed by atoms with Gasteiger partial charge in [0, 0.05) is 18.7 Å². The van der Waals surface area contributed by atoms with E-state index in [-0.39, 0.29) is 6.54 Å². The zero-order valence-electron chi connectivity index (χ0n) is 7.27. The molecule has 0 atom stereocenters. The Morgan fingerprint density at radius 1 is 1.77 bits per heavy atom. The van der Waals surface area contributed by atoms with Crippen molar-refractivity contribution in [3.63, 3.8) is 0 Å². The summed E-state index contributed by atoms with van der Waals surface area (Å²) in [4.78, 5) is 0. The van der Waals surface area contributed by atoms with Crippen molar-refractivity contribution in [3.8, 4) is 0 Å². The van der Waals surface area contributed by atoms with E-state index in [4.69, 9.17) is 0 Å². The lowest BCUT2D eigenvalue weighted by molar-refractivity contribution is 0.470. The lowest BCUT2D eigenvalue weighted by atomic mass is 10.4. The van der Waals surface area contributed by atoms with E-state index in [9.17, 15) is 8.42 Å². The minimum Gasteiger partial charge on any atom is -0.281 e. The van der Waals surface area contributed by atoms with Gasteiger partial charge in [0.05, 0.1) is 12.2 Å². The second kappa shape index (κ2) is 3.71. The number of nitrogens with zero attached hydrogens (tertiary/aromatic N) is 2. The van der Waals surface area contributed by atoms with E-state index in [1.807, 2.05) is 0 Å². The topological polar surface area (TPSA) is 66.1 Å². The Hall–Kier alpha value is -1.14. The van der Waals surface area contributed by atoms with E-state index in [2.05, 4.69) is 16.8 Å². The van der Waals surface area contributed by atoms with Gasteiger partial charge in [-0.1, -0.05) is 6.58 Å². The third kappa shape index (κ3) is 2.40. The first-order valence-electron chi connectivity index (χ1n) is 3.63. The molecule has 0 spiro atoms. The molecule has 0 radical (unpaired) electrons. The molecule has 72 valence electrons. The number of aromatic amines is 1. The van der Waals surface area contributed by atoms with Crippen molar-refractivity contribution in [1.29, 1.82) is 0 Å². The smallest absolute Gasteiger partial charge is 0.235 e. The third-order valence-corrected chi connectivity index (χ3v) is 3.02. The van der Waals surface area contributed by atoms with Crippen LogP contribution in [0.2, 0.25) is 0 Å². The summed E-state index contributed by atoms with van der Waals surface area (Å²) in [6.07, 6.45) is 1.57. The van der Waals surface area contributed by atoms with Crippen LogP contribution in [0.5, 0.6) is 0 Å². The normalized spacial score (nSPS) is 11.8. The summed E-state index contributed by atoms with van der Waals surface area (Å²) in [5.74, 6) is 0. The Kier molecular flexibility index (Phi) is 2.84. The molecule has 0 aliphatic rings. The highest BCUT2D eigenvalue weighted by atomic mass is 32.2. The maximum Gasteiger partial charge on any atom is 0.235 e. The molecule has 0 saturated carbocycles. The number of nitrogens with one attached hydrogen (secondary N) is 1. The highest BCUT2D eigenvalue weighted by molar-refractivity contribution is 7.91. The molecule has 0 fully saturated rings. The number of H-pyrrole nitrogens is 1. The van der Waals surface area contributed by atoms with Crippen molar-refractivity contribution in [2.75, 3.05) is 7.05 Å². The second-order valence-electron chi connectivity index (χ2n) is 2.55. The fourth-order valence-corrected chi connectivity index (χ4v) is 1.40. The van der Waals surface area contributed by atoms with Crippen LogP contribution in [-0.2, 0) is 16.6 Å². The summed E-state index contributed by atoms with van der Waals surface area (Å²) in [5, 5.41) is 7.30. The van der Waals surface area contributed by atoms with Crippen molar-refractivity contribution in [2.24, 2.45) is 0 Å². The van der Waals surface area contributed by atoms with Gasteiger partial charge in [0.15, 0.2) is 0 Å². The summed E-state index contributed by atoms with van der Waals surface area (Å²) in [6, 6.07) is 1.72. The molecular formula is C7H11N3O2S. The van der Waals surface area contributed by atoms with Gasteiger partial charge in [-0.15, -0.1) is 0 Å². The van der Waals surface area contributed by atoms with Gasteiger partial charge in [0.2, 0.25) is 10.0 Å². The van der Waals surface area contributed by atoms with Crippen LogP contribution in [-0.4, -0.2) is 30.0 Å². The van der Waals surface area contributed by atoms with Crippen molar-refractivity contribution in [3.05, 3.63) is 29.9 Å². The molecule has 6 heteroatoms. The summed E-state index contributed by atoms with van der Waals surface area (Å²) in [5.41, 5.74) is 0.743. The van der Waals surface area contributed by atoms with Crippen LogP contribution in [0, 0.1) is 0 Å². The maximum atomic E-state index is 11.2. The fourth-order valence-electron chi connectivity index (χ4n) is 0.830. The predicted molar refractivity (Wildman–Crippen MR) is 49.2 cm³/mol. The van der Waals surface area contributed by atoms with Gasteiger partial charge in [-0.3, -0.25) is 5.10 Å². The number of rotatable bonds is 4. The zero-order chi connectivity index (χ0) is 9.90. The molecule has 1 aromatic rings. The van der Waals surface area contributed by atoms with Crippen LogP contribution in [0.25, 0.3) is 0 Å². The molecule has 0 amide bonds. The van der Waals surface area contributed by atoms with E-state index in [1.165, 1.54) is 11.4 Å². The Bertz CT molecular complexity index is 368. The standard InChI is InChI=1S/C7H11N3O2S/c1-3-13(11,12)10(2)6-7-4-5-8-9-7/h3-5H,1,6H2,2H3,(H,8,9). The summed E-state index contributed by atoms with van der Waals surface area (Å²) in [7, 11) is -1.84. The summed E-state index contributed by atoms with van der Waals surface area (Å²) >= 11 is 0. The van der Waals surface area contributed by atoms with E-state index in [1.54, 1.807) is 12.3 Å². The Labute approximate surface area is 77.1 Å². The second-order valence-corrected chi connectivity index (χ2v) is 4.54. The molecular weight excluding hydrogens is 190 g/mol. The minimum absolute atomic E-state index is 0.272. The average molecular weight is 201 g/mol. The Morgan fingerprint density at radius 2 is 2.46 bits per heavy atom. The highest BCUT2D eigenvalue weighted by Crippen LogP contribution is 2.04. The van der Waals surface area contributed by atoms with Gasteiger partial charge in [-0.2, -0.15) is 9.40 Å². The molecule has 1 aromatic heterocycles. The lowest BCUT2D eigenvalue weighted by Crippen LogP contribution is -2.24. The monoisotopic (exact) mass is 201 g/mol. The first kappa shape index (κ1) is 9.94. The molecule has 0 unspecified atom stereocenters. The quantitative estimate of drug-likeness (QED) is 0.762. The fraction of sp³-hybridized carbons (Fsp3) is 0.286. The van der Waals surface area contributed by atoms with Crippen molar-refractivity contribution in [1.82, 2.24) is 14.5 Å². The molecule has 5 nitrogen and oxygen atoms in total. The van der Waals surface area contributed by atoms with Crippen LogP contribution in [0.4, 0.5) is 0 Å². The van der Waals surface area contributed by atoms with E-state index >= 15 is 0 Å². The lowest BCUT2D eigenvalue weighted by Gasteiger charge is -2.12. The van der Waals surface area contributed by atoms with Crippen LogP contribution in [0.3, 0.4) is 0 Å². The number of aromatic nitrogens is 2. The first-order chi connectivity index (χ1) is 6.06. The van der Waals surface area contributed by atoms with Crippen LogP contribution < -0.4 is 0 Å². The molecule has 0 bridgehead atoms. The van der Waals surface area contributed by atoms with Crippen LogP contribution in [0.1, 0.15) is 5.69 Å². The number of sulfonamides is 1. The molecule has 0 aliphatic heterocycles. The van der Waals surface area contributed by atoms with Crippen LogP contribution in [0.15, 0.2) is 24.3 Å². The van der Waals surface area contributed by atoms with Gasteiger partial charge in [0.1, 0.15) is 0 Å². The van der Waals surface area contributed by atoms with E-state index < -0.39 is 10.0 Å². The van der Waals surface area contributed by atoms with Crippen molar-refractivity contribution in [2.45, 2.75) is 6.54 Å². The van der Waals surface area contributed by atoms with Gasteiger partial charge < -0.3 is 0 Å². The molecule has 1 rings (SSSR count). The average Bonchev–Trinajstić information content (AvgIpc) is 2.57. The number of hydrogen-bond acceptors (Lipinski definition) is 3. The number of hydrogen-bond donors (Lipinski definition) is 1. The third-order valence-electron chi connectivity index (χ3n) is 1.60. The summed E-state index contributed by atoms with van der Waals surface area (Å²) in [6.45, 7) is 3.50. The van der Waals surface area contributed by atoms with Gasteiger partial charge in [-0.05, 0) is 6.07 Å². The van der Waals surface area contributed by atoms with Crippen molar-refractivity contribution >= 4 is 10.0 Å². The van der Waals surface area contributed by atoms with Gasteiger partial charge >= 0.3 is 0 Å². The van der Waals surface area contributed by atoms with E-state index in [0.29, 0.717) is 0 Å². The Morgan fingerprint density at radius 3 is 2.92 bits per heavy atom. The molecule has 0 saturated heterocycles. The minimum atomic E-state index is -3.32. The largest absolute Gasteiger partial charge is 0.281 e. The van der Waals surface area contributed by atoms with Crippen LogP contribution >= 0.6 is 0 Å². The van der Waals surface area contributed by atoms with Gasteiger partial charge in [-0.25, -0.2) is 8.42 Å². The van der Waals surface area contributed by atoms with Crippen molar-refractivity contribution < 1.29 is 8.42 Å². The first-order valence-corrected chi connectivity index (χ1v) is 5.13. The maximum absolute atomic E-state index is 11.2. The summed E-state index contributed by atoms with van der Waals surface area (Å²) < 4.78 is 23.6. The Balaban J connectivity index is 2.72. The molecule has 13 heavy (non-hydrogen) atoms. The highest BCUT2D eigenvalue weighted by Gasteiger charge is 2.13. The molecule has 1 N–H and O–H groups in total. The predicted octanol–water partition coefficient (Wildman–Crippen LogP) is 0.315. The SMILES string of the molecule is C=CS(=O)(=O)N(C)Cc1ccn[nH]1. The zero-order valence-corrected chi connectivity index (χ0v) is 8.08. The molecule has 0 aromatic carbocycles.